The third kappa shape index (κ3) is 19.1. The number of alkyl carbamates (subject to hydrolysis) is 1. The lowest BCUT2D eigenvalue weighted by Gasteiger charge is -2.17. The standard InChI is InChI=1S/C41H59N11O13S/c1-27(65-41(57)45-12-11-38(55)48-29-10-9-28(46-24-29)25-47-51-42)30-22-33(60-2)34(23-32(30)52(58)59)64-15-5-8-37(54)44-14-17-62-19-21-63-20-18-61-16-13-43-36(53)7-4-3-6-35-39-31(26-66-35)49-40(56)50-39/h9-10,22-24,27,31,35,39H,3-8,11-21,25-26H2,1-2H3,(H,43,53)(H,44,54)(H,45,57)(H,48,55)(H2,49,50,56)/t27?,31-,35-,39-/m0/s1. The largest absolute Gasteiger partial charge is 0.493 e. The Morgan fingerprint density at radius 1 is 0.909 bits per heavy atom. The van der Waals surface area contributed by atoms with Crippen molar-refractivity contribution in [1.82, 2.24) is 31.6 Å². The first-order chi connectivity index (χ1) is 32.0. The van der Waals surface area contributed by atoms with Gasteiger partial charge in [-0.15, -0.1) is 0 Å². The molecule has 66 heavy (non-hydrogen) atoms. The number of fused-ring (bicyclic) bond motifs is 1. The summed E-state index contributed by atoms with van der Waals surface area (Å²) in [7, 11) is 1.35. The van der Waals surface area contributed by atoms with Crippen LogP contribution < -0.4 is 41.4 Å². The fourth-order valence-electron chi connectivity index (χ4n) is 6.72. The van der Waals surface area contributed by atoms with Gasteiger partial charge in [-0.1, -0.05) is 11.5 Å². The molecule has 4 rings (SSSR count). The lowest BCUT2D eigenvalue weighted by atomic mass is 10.0. The third-order valence-electron chi connectivity index (χ3n) is 10.0. The Kier molecular flexibility index (Phi) is 23.4. The number of azide groups is 1. The topological polar surface area (TPSA) is 318 Å². The van der Waals surface area contributed by atoms with Gasteiger partial charge in [0.15, 0.2) is 11.5 Å². The summed E-state index contributed by atoms with van der Waals surface area (Å²) in [6.07, 6.45) is 2.90. The molecule has 2 aliphatic rings. The number of aromatic nitrogens is 1. The monoisotopic (exact) mass is 945 g/mol. The van der Waals surface area contributed by atoms with Crippen LogP contribution in [0.25, 0.3) is 10.4 Å². The zero-order valence-corrected chi connectivity index (χ0v) is 37.9. The van der Waals surface area contributed by atoms with Gasteiger partial charge in [0.05, 0.1) is 100 Å². The van der Waals surface area contributed by atoms with Crippen molar-refractivity contribution in [3.8, 4) is 11.5 Å². The molecule has 0 aliphatic carbocycles. The van der Waals surface area contributed by atoms with Gasteiger partial charge >= 0.3 is 12.1 Å². The zero-order chi connectivity index (χ0) is 47.5. The number of rotatable bonds is 32. The van der Waals surface area contributed by atoms with Crippen molar-refractivity contribution in [3.05, 3.63) is 62.3 Å². The molecule has 1 aromatic carbocycles. The van der Waals surface area contributed by atoms with E-state index < -0.39 is 23.0 Å². The maximum atomic E-state index is 12.5. The second-order valence-electron chi connectivity index (χ2n) is 14.9. The zero-order valence-electron chi connectivity index (χ0n) is 37.1. The van der Waals surface area contributed by atoms with Gasteiger partial charge in [-0.2, -0.15) is 11.8 Å². The van der Waals surface area contributed by atoms with E-state index in [1.54, 1.807) is 12.1 Å². The average Bonchev–Trinajstić information content (AvgIpc) is 3.86. The molecule has 1 aromatic heterocycles. The van der Waals surface area contributed by atoms with E-state index in [2.05, 4.69) is 46.9 Å². The summed E-state index contributed by atoms with van der Waals surface area (Å²) in [5.74, 6) is 0.497. The summed E-state index contributed by atoms with van der Waals surface area (Å²) in [5.41, 5.74) is 9.00. The summed E-state index contributed by atoms with van der Waals surface area (Å²) in [6.45, 7) is 4.27. The van der Waals surface area contributed by atoms with Gasteiger partial charge in [0.2, 0.25) is 17.7 Å². The summed E-state index contributed by atoms with van der Waals surface area (Å²) in [5, 5.41) is 32.4. The summed E-state index contributed by atoms with van der Waals surface area (Å²) in [6, 6.07) is 6.00. The van der Waals surface area contributed by atoms with Gasteiger partial charge in [-0.25, -0.2) is 9.59 Å². The number of hydrogen-bond acceptors (Lipinski definition) is 16. The SMILES string of the molecule is COc1cc(C(C)OC(=O)NCCC(=O)Nc2ccc(CN=[N+]=[N-])nc2)c([N+](=O)[O-])cc1OCCCC(=O)NCCOCCOCCOCCNC(=O)CCCC[C@@H]1SC[C@@H]2NC(=O)N[C@@H]21. The van der Waals surface area contributed by atoms with Crippen molar-refractivity contribution in [2.75, 3.05) is 84.1 Å². The highest BCUT2D eigenvalue weighted by atomic mass is 32.2. The molecular weight excluding hydrogens is 887 g/mol. The number of unbranched alkanes of at least 4 members (excludes halogenated alkanes) is 1. The van der Waals surface area contributed by atoms with Gasteiger partial charge in [0.1, 0.15) is 6.10 Å². The third-order valence-corrected chi connectivity index (χ3v) is 11.5. The van der Waals surface area contributed by atoms with Crippen LogP contribution in [0.5, 0.6) is 11.5 Å². The van der Waals surface area contributed by atoms with Crippen molar-refractivity contribution >= 4 is 53.0 Å². The van der Waals surface area contributed by atoms with Gasteiger partial charge in [-0.3, -0.25) is 29.5 Å². The molecule has 0 spiro atoms. The minimum atomic E-state index is -1.09. The number of carbonyl (C=O) groups excluding carboxylic acids is 5. The van der Waals surface area contributed by atoms with Crippen molar-refractivity contribution < 1.29 is 57.3 Å². The van der Waals surface area contributed by atoms with Gasteiger partial charge in [0, 0.05) is 60.5 Å². The van der Waals surface area contributed by atoms with Gasteiger partial charge in [0.25, 0.3) is 5.69 Å². The fourth-order valence-corrected chi connectivity index (χ4v) is 8.26. The minimum Gasteiger partial charge on any atom is -0.493 e. The summed E-state index contributed by atoms with van der Waals surface area (Å²) < 4.78 is 32.9. The molecule has 2 fully saturated rings. The molecule has 2 aromatic rings. The van der Waals surface area contributed by atoms with Crippen molar-refractivity contribution in [1.29, 1.82) is 0 Å². The molecule has 3 heterocycles. The van der Waals surface area contributed by atoms with E-state index in [9.17, 15) is 34.1 Å². The van der Waals surface area contributed by atoms with Crippen LogP contribution in [0.1, 0.15) is 69.2 Å². The quantitative estimate of drug-likeness (QED) is 0.0116. The summed E-state index contributed by atoms with van der Waals surface area (Å²) >= 11 is 1.87. The molecule has 1 unspecified atom stereocenters. The molecule has 6 amide bonds. The average molecular weight is 946 g/mol. The predicted octanol–water partition coefficient (Wildman–Crippen LogP) is 3.79. The summed E-state index contributed by atoms with van der Waals surface area (Å²) in [4.78, 5) is 78.8. The number of ether oxygens (including phenoxy) is 6. The molecular formula is C41H59N11O13S. The first-order valence-electron chi connectivity index (χ1n) is 21.6. The number of nitro benzene ring substituents is 1. The normalized spacial score (nSPS) is 16.4. The minimum absolute atomic E-state index is 0.00565. The van der Waals surface area contributed by atoms with E-state index in [4.69, 9.17) is 34.0 Å². The lowest BCUT2D eigenvalue weighted by molar-refractivity contribution is -0.386. The Morgan fingerprint density at radius 2 is 1.61 bits per heavy atom. The number of nitro groups is 1. The van der Waals surface area contributed by atoms with Crippen LogP contribution in [-0.2, 0) is 39.9 Å². The Hall–Kier alpha value is -6.14. The molecule has 0 radical (unpaired) electrons. The Morgan fingerprint density at radius 3 is 2.26 bits per heavy atom. The number of benzene rings is 1. The highest BCUT2D eigenvalue weighted by Gasteiger charge is 2.42. The maximum absolute atomic E-state index is 12.5. The van der Waals surface area contributed by atoms with Crippen LogP contribution in [-0.4, -0.2) is 136 Å². The number of nitrogens with one attached hydrogen (secondary N) is 6. The van der Waals surface area contributed by atoms with E-state index in [1.165, 1.54) is 26.3 Å². The molecule has 24 nitrogen and oxygen atoms in total. The smallest absolute Gasteiger partial charge is 0.407 e. The number of thioether (sulfide) groups is 1. The van der Waals surface area contributed by atoms with E-state index in [1.807, 2.05) is 11.8 Å². The number of urea groups is 1. The maximum Gasteiger partial charge on any atom is 0.407 e. The van der Waals surface area contributed by atoms with E-state index in [0.29, 0.717) is 69.1 Å². The van der Waals surface area contributed by atoms with E-state index in [-0.39, 0.29) is 98.4 Å². The number of pyridine rings is 1. The Balaban J connectivity index is 0.981. The molecule has 0 bridgehead atoms. The molecule has 6 N–H and O–H groups in total. The van der Waals surface area contributed by atoms with Crippen LogP contribution in [0.2, 0.25) is 0 Å². The van der Waals surface area contributed by atoms with Gasteiger partial charge < -0.3 is 60.3 Å². The molecule has 2 aliphatic heterocycles. The highest BCUT2D eigenvalue weighted by molar-refractivity contribution is 8.00. The number of nitrogens with zero attached hydrogens (tertiary/aromatic N) is 5. The first kappa shape index (κ1) is 52.5. The highest BCUT2D eigenvalue weighted by Crippen LogP contribution is 2.39. The van der Waals surface area contributed by atoms with E-state index in [0.717, 1.165) is 31.1 Å². The first-order valence-corrected chi connectivity index (χ1v) is 22.7. The molecule has 2 saturated heterocycles. The van der Waals surface area contributed by atoms with Gasteiger partial charge in [-0.05, 0) is 49.9 Å². The van der Waals surface area contributed by atoms with Crippen LogP contribution in [0.4, 0.5) is 21.0 Å². The second kappa shape index (κ2) is 29.4. The number of methoxy groups -OCH3 is 1. The van der Waals surface area contributed by atoms with Crippen molar-refractivity contribution in [3.63, 3.8) is 0 Å². The van der Waals surface area contributed by atoms with E-state index >= 15 is 0 Å². The number of hydrogen-bond donors (Lipinski definition) is 6. The van der Waals surface area contributed by atoms with Crippen LogP contribution in [0.3, 0.4) is 0 Å². The number of amides is 6. The fraction of sp³-hybridized carbons (Fsp3) is 0.610. The molecule has 0 saturated carbocycles. The lowest BCUT2D eigenvalue weighted by Crippen LogP contribution is -2.36. The van der Waals surface area contributed by atoms with Crippen LogP contribution >= 0.6 is 11.8 Å². The molecule has 362 valence electrons. The second-order valence-corrected chi connectivity index (χ2v) is 16.1. The van der Waals surface area contributed by atoms with Crippen molar-refractivity contribution in [2.45, 2.75) is 81.9 Å². The number of anilines is 1. The van der Waals surface area contributed by atoms with Crippen molar-refractivity contribution in [2.24, 2.45) is 5.11 Å². The van der Waals surface area contributed by atoms with Crippen LogP contribution in [0, 0.1) is 10.1 Å². The molecule has 4 atom stereocenters. The number of carbonyl (C=O) groups is 5. The Labute approximate surface area is 385 Å². The Bertz CT molecular complexity index is 1960. The molecule has 25 heteroatoms. The van der Waals surface area contributed by atoms with Crippen LogP contribution in [0.15, 0.2) is 35.6 Å². The predicted molar refractivity (Wildman–Crippen MR) is 240 cm³/mol.